The molecular weight excluding hydrogens is 206 g/mol. The molecule has 4 N–H and O–H groups in total. The van der Waals surface area contributed by atoms with E-state index in [1.54, 1.807) is 0 Å². The minimum Gasteiger partial charge on any atom is -0.402 e. The molecule has 0 amide bonds. The third-order valence-corrected chi connectivity index (χ3v) is 1.30. The molecule has 1 aromatic heterocycles. The lowest BCUT2D eigenvalue weighted by atomic mass is 10.3. The lowest BCUT2D eigenvalue weighted by Gasteiger charge is -2.11. The molecule has 1 heterocycles. The maximum Gasteiger partial charge on any atom is 0.573 e. The Morgan fingerprint density at radius 2 is 1.79 bits per heavy atom. The van der Waals surface area contributed by atoms with Gasteiger partial charge in [0.1, 0.15) is 11.4 Å². The van der Waals surface area contributed by atoms with E-state index in [1.807, 2.05) is 0 Å². The Hall–Kier alpha value is -1.73. The van der Waals surface area contributed by atoms with E-state index in [9.17, 15) is 17.6 Å². The van der Waals surface area contributed by atoms with Gasteiger partial charge in [-0.3, -0.25) is 0 Å². The summed E-state index contributed by atoms with van der Waals surface area (Å²) in [4.78, 5) is 2.93. The summed E-state index contributed by atoms with van der Waals surface area (Å²) in [5.74, 6) is -1.96. The van der Waals surface area contributed by atoms with Crippen molar-refractivity contribution in [1.82, 2.24) is 4.98 Å². The van der Waals surface area contributed by atoms with Crippen LogP contribution < -0.4 is 16.2 Å². The number of alkyl halides is 3. The molecule has 0 saturated carbocycles. The van der Waals surface area contributed by atoms with Gasteiger partial charge in [-0.15, -0.1) is 13.2 Å². The van der Waals surface area contributed by atoms with Crippen molar-refractivity contribution in [1.29, 1.82) is 0 Å². The monoisotopic (exact) mass is 211 g/mol. The molecule has 0 saturated heterocycles. The fourth-order valence-electron chi connectivity index (χ4n) is 0.704. The van der Waals surface area contributed by atoms with Crippen LogP contribution in [0.15, 0.2) is 6.20 Å². The van der Waals surface area contributed by atoms with Gasteiger partial charge in [0.05, 0.1) is 6.20 Å². The number of hydrogen-bond donors (Lipinski definition) is 2. The van der Waals surface area contributed by atoms with Crippen LogP contribution in [0.4, 0.5) is 28.9 Å². The molecule has 0 aliphatic heterocycles. The predicted molar refractivity (Wildman–Crippen MR) is 39.7 cm³/mol. The topological polar surface area (TPSA) is 74.2 Å². The summed E-state index contributed by atoms with van der Waals surface area (Å²) in [6.45, 7) is 0. The van der Waals surface area contributed by atoms with Crippen LogP contribution in [-0.4, -0.2) is 11.3 Å². The molecule has 0 spiro atoms. The summed E-state index contributed by atoms with van der Waals surface area (Å²) in [6.07, 6.45) is -4.41. The SMILES string of the molecule is Nc1c(OC(F)(F)F)cnc(F)c1N. The van der Waals surface area contributed by atoms with E-state index in [0.29, 0.717) is 6.20 Å². The van der Waals surface area contributed by atoms with Gasteiger partial charge in [-0.1, -0.05) is 0 Å². The van der Waals surface area contributed by atoms with Gasteiger partial charge >= 0.3 is 6.36 Å². The molecule has 0 bridgehead atoms. The van der Waals surface area contributed by atoms with Crippen molar-refractivity contribution in [2.45, 2.75) is 6.36 Å². The van der Waals surface area contributed by atoms with Crippen LogP contribution in [0.5, 0.6) is 5.75 Å². The highest BCUT2D eigenvalue weighted by molar-refractivity contribution is 5.69. The Kier molecular flexibility index (Phi) is 2.37. The van der Waals surface area contributed by atoms with Crippen LogP contribution in [-0.2, 0) is 0 Å². The minimum absolute atomic E-state index is 0.508. The molecule has 0 aromatic carbocycles. The number of rotatable bonds is 1. The Balaban J connectivity index is 3.06. The van der Waals surface area contributed by atoms with Gasteiger partial charge in [0.25, 0.3) is 0 Å². The Morgan fingerprint density at radius 1 is 1.21 bits per heavy atom. The number of nitrogens with two attached hydrogens (primary N) is 2. The second-order valence-electron chi connectivity index (χ2n) is 2.29. The highest BCUT2D eigenvalue weighted by Crippen LogP contribution is 2.31. The quantitative estimate of drug-likeness (QED) is 0.542. The molecule has 1 rings (SSSR count). The number of hydrogen-bond acceptors (Lipinski definition) is 4. The molecule has 14 heavy (non-hydrogen) atoms. The number of nitrogen functional groups attached to an aromatic ring is 2. The van der Waals surface area contributed by atoms with E-state index < -0.39 is 29.4 Å². The molecule has 0 aliphatic carbocycles. The number of anilines is 2. The van der Waals surface area contributed by atoms with Gasteiger partial charge in [-0.05, 0) is 0 Å². The van der Waals surface area contributed by atoms with Crippen molar-refractivity contribution in [3.8, 4) is 5.75 Å². The zero-order valence-corrected chi connectivity index (χ0v) is 6.60. The van der Waals surface area contributed by atoms with Gasteiger partial charge in [0, 0.05) is 0 Å². The van der Waals surface area contributed by atoms with E-state index in [4.69, 9.17) is 11.5 Å². The Labute approximate surface area is 75.5 Å². The van der Waals surface area contributed by atoms with Gasteiger partial charge in [0.15, 0.2) is 5.75 Å². The van der Waals surface area contributed by atoms with Crippen molar-refractivity contribution >= 4 is 11.4 Å². The standard InChI is InChI=1S/C6H5F4N3O/c7-5-4(12)3(11)2(1-13-5)14-6(8,9)10/h1H,12H2,(H2,11,13). The van der Waals surface area contributed by atoms with Crippen LogP contribution in [0.2, 0.25) is 0 Å². The molecule has 0 atom stereocenters. The highest BCUT2D eigenvalue weighted by Gasteiger charge is 2.32. The number of aromatic nitrogens is 1. The smallest absolute Gasteiger partial charge is 0.402 e. The molecular formula is C6H5F4N3O. The molecule has 78 valence electrons. The van der Waals surface area contributed by atoms with Crippen molar-refractivity contribution in [2.75, 3.05) is 11.5 Å². The summed E-state index contributed by atoms with van der Waals surface area (Å²) in [7, 11) is 0. The molecule has 0 fully saturated rings. The van der Waals surface area contributed by atoms with Crippen LogP contribution in [0.3, 0.4) is 0 Å². The normalized spacial score (nSPS) is 11.4. The maximum atomic E-state index is 12.5. The van der Waals surface area contributed by atoms with Crippen LogP contribution in [0.1, 0.15) is 0 Å². The fraction of sp³-hybridized carbons (Fsp3) is 0.167. The first-order chi connectivity index (χ1) is 6.31. The van der Waals surface area contributed by atoms with E-state index in [-0.39, 0.29) is 0 Å². The minimum atomic E-state index is -4.92. The second-order valence-corrected chi connectivity index (χ2v) is 2.29. The molecule has 8 heteroatoms. The number of nitrogens with zero attached hydrogens (tertiary/aromatic N) is 1. The molecule has 0 aliphatic rings. The molecule has 0 radical (unpaired) electrons. The first-order valence-electron chi connectivity index (χ1n) is 3.26. The first kappa shape index (κ1) is 10.4. The van der Waals surface area contributed by atoms with Gasteiger partial charge < -0.3 is 16.2 Å². The van der Waals surface area contributed by atoms with Gasteiger partial charge in [0.2, 0.25) is 5.95 Å². The summed E-state index contributed by atoms with van der Waals surface area (Å²) in [5, 5.41) is 0. The summed E-state index contributed by atoms with van der Waals surface area (Å²) < 4.78 is 51.1. The third-order valence-electron chi connectivity index (χ3n) is 1.30. The predicted octanol–water partition coefficient (Wildman–Crippen LogP) is 1.28. The van der Waals surface area contributed by atoms with Crippen molar-refractivity contribution in [3.63, 3.8) is 0 Å². The lowest BCUT2D eigenvalue weighted by Crippen LogP contribution is -2.19. The van der Waals surface area contributed by atoms with Crippen LogP contribution in [0.25, 0.3) is 0 Å². The first-order valence-corrected chi connectivity index (χ1v) is 3.26. The fourth-order valence-corrected chi connectivity index (χ4v) is 0.704. The Morgan fingerprint density at radius 3 is 2.29 bits per heavy atom. The van der Waals surface area contributed by atoms with Gasteiger partial charge in [-0.25, -0.2) is 4.98 Å². The summed E-state index contributed by atoms with van der Waals surface area (Å²) in [5.41, 5.74) is 8.75. The van der Waals surface area contributed by atoms with E-state index in [0.717, 1.165) is 0 Å². The zero-order valence-electron chi connectivity index (χ0n) is 6.60. The van der Waals surface area contributed by atoms with Crippen LogP contribution >= 0.6 is 0 Å². The number of pyridine rings is 1. The third kappa shape index (κ3) is 2.15. The molecule has 1 aromatic rings. The molecule has 0 unspecified atom stereocenters. The average Bonchev–Trinajstić information content (AvgIpc) is 2.04. The van der Waals surface area contributed by atoms with E-state index >= 15 is 0 Å². The highest BCUT2D eigenvalue weighted by atomic mass is 19.4. The maximum absolute atomic E-state index is 12.5. The number of ether oxygens (including phenoxy) is 1. The summed E-state index contributed by atoms with van der Waals surface area (Å²) in [6, 6.07) is 0. The average molecular weight is 211 g/mol. The van der Waals surface area contributed by atoms with Crippen molar-refractivity contribution in [2.24, 2.45) is 0 Å². The largest absolute Gasteiger partial charge is 0.573 e. The summed E-state index contributed by atoms with van der Waals surface area (Å²) >= 11 is 0. The van der Waals surface area contributed by atoms with Crippen LogP contribution in [0, 0.1) is 5.95 Å². The second kappa shape index (κ2) is 3.20. The van der Waals surface area contributed by atoms with Crippen molar-refractivity contribution in [3.05, 3.63) is 12.1 Å². The van der Waals surface area contributed by atoms with Crippen molar-refractivity contribution < 1.29 is 22.3 Å². The molecule has 4 nitrogen and oxygen atoms in total. The van der Waals surface area contributed by atoms with E-state index in [1.165, 1.54) is 0 Å². The zero-order chi connectivity index (χ0) is 10.9. The number of halogens is 4. The Bertz CT molecular complexity index is 352. The lowest BCUT2D eigenvalue weighted by molar-refractivity contribution is -0.274. The van der Waals surface area contributed by atoms with E-state index in [2.05, 4.69) is 9.72 Å². The van der Waals surface area contributed by atoms with Gasteiger partial charge in [-0.2, -0.15) is 4.39 Å².